The van der Waals surface area contributed by atoms with Crippen molar-refractivity contribution in [2.24, 2.45) is 0 Å². The number of likely N-dealkylation sites (tertiary alicyclic amines) is 1. The highest BCUT2D eigenvalue weighted by molar-refractivity contribution is 9.10. The van der Waals surface area contributed by atoms with Crippen LogP contribution in [-0.2, 0) is 10.4 Å². The minimum absolute atomic E-state index is 0.252. The van der Waals surface area contributed by atoms with Gasteiger partial charge in [-0.2, -0.15) is 0 Å². The van der Waals surface area contributed by atoms with Gasteiger partial charge in [0.15, 0.2) is 11.4 Å². The van der Waals surface area contributed by atoms with Crippen molar-refractivity contribution in [3.63, 3.8) is 0 Å². The minimum Gasteiger partial charge on any atom is -0.375 e. The third-order valence-electron chi connectivity index (χ3n) is 6.57. The molecule has 1 fully saturated rings. The summed E-state index contributed by atoms with van der Waals surface area (Å²) in [7, 11) is 0. The van der Waals surface area contributed by atoms with Gasteiger partial charge in [-0.3, -0.25) is 19.4 Å². The molecule has 3 aromatic rings. The van der Waals surface area contributed by atoms with Gasteiger partial charge in [0.2, 0.25) is 0 Å². The first-order valence-electron chi connectivity index (χ1n) is 11.0. The van der Waals surface area contributed by atoms with Crippen LogP contribution >= 0.6 is 15.9 Å². The number of anilines is 1. The molecule has 1 amide bonds. The van der Waals surface area contributed by atoms with E-state index in [9.17, 15) is 14.7 Å². The van der Waals surface area contributed by atoms with Crippen LogP contribution in [-0.4, -0.2) is 41.5 Å². The fourth-order valence-corrected chi connectivity index (χ4v) is 5.19. The van der Waals surface area contributed by atoms with Crippen molar-refractivity contribution in [3.8, 4) is 0 Å². The van der Waals surface area contributed by atoms with Gasteiger partial charge in [-0.25, -0.2) is 0 Å². The van der Waals surface area contributed by atoms with E-state index in [1.165, 1.54) is 6.42 Å². The van der Waals surface area contributed by atoms with Crippen molar-refractivity contribution in [2.45, 2.75) is 31.3 Å². The van der Waals surface area contributed by atoms with Gasteiger partial charge in [0.1, 0.15) is 0 Å². The molecule has 0 bridgehead atoms. The summed E-state index contributed by atoms with van der Waals surface area (Å²) in [6, 6.07) is 18.8. The molecule has 1 N–H and O–H groups in total. The number of nitrogens with zero attached hydrogens (tertiary/aromatic N) is 2. The maximum absolute atomic E-state index is 13.5. The molecule has 5 rings (SSSR count). The van der Waals surface area contributed by atoms with Crippen LogP contribution in [0.15, 0.2) is 65.1 Å². The first kappa shape index (κ1) is 21.3. The molecule has 2 heterocycles. The number of aliphatic hydroxyl groups is 1. The van der Waals surface area contributed by atoms with Crippen LogP contribution in [0, 0.1) is 0 Å². The summed E-state index contributed by atoms with van der Waals surface area (Å²) in [6.45, 7) is 2.30. The Labute approximate surface area is 195 Å². The molecule has 32 heavy (non-hydrogen) atoms. The monoisotopic (exact) mass is 492 g/mol. The third-order valence-corrected chi connectivity index (χ3v) is 7.07. The molecule has 1 atom stereocenters. The molecule has 2 aliphatic rings. The Hall–Kier alpha value is -2.54. The molecule has 164 valence electrons. The van der Waals surface area contributed by atoms with Gasteiger partial charge < -0.3 is 5.11 Å². The predicted molar refractivity (Wildman–Crippen MR) is 129 cm³/mol. The maximum atomic E-state index is 13.5. The minimum atomic E-state index is -1.88. The van der Waals surface area contributed by atoms with Gasteiger partial charge in [0, 0.05) is 15.6 Å². The number of hydrogen-bond donors (Lipinski definition) is 1. The van der Waals surface area contributed by atoms with Gasteiger partial charge in [-0.15, -0.1) is 0 Å². The second-order valence-corrected chi connectivity index (χ2v) is 9.65. The Kier molecular flexibility index (Phi) is 5.61. The zero-order valence-corrected chi connectivity index (χ0v) is 19.3. The summed E-state index contributed by atoms with van der Waals surface area (Å²) in [5.74, 6) is -0.678. The molecule has 6 heteroatoms. The summed E-state index contributed by atoms with van der Waals surface area (Å²) < 4.78 is 0.764. The van der Waals surface area contributed by atoms with Crippen molar-refractivity contribution in [3.05, 3.63) is 76.3 Å². The number of carbonyl (C=O) groups is 2. The summed E-state index contributed by atoms with van der Waals surface area (Å²) >= 11 is 3.46. The molecule has 0 saturated carbocycles. The van der Waals surface area contributed by atoms with Crippen LogP contribution in [0.25, 0.3) is 10.8 Å². The number of Topliss-reactive ketones (excluding diaryl/α,β-unsaturated/α-hetero) is 1. The van der Waals surface area contributed by atoms with E-state index in [4.69, 9.17) is 0 Å². The third kappa shape index (κ3) is 3.76. The molecule has 0 spiro atoms. The predicted octanol–water partition coefficient (Wildman–Crippen LogP) is 4.85. The number of piperidine rings is 1. The normalized spacial score (nSPS) is 21.2. The van der Waals surface area contributed by atoms with Gasteiger partial charge in [-0.05, 0) is 61.0 Å². The van der Waals surface area contributed by atoms with Crippen molar-refractivity contribution in [1.29, 1.82) is 0 Å². The van der Waals surface area contributed by atoms with Gasteiger partial charge in [0.25, 0.3) is 5.91 Å². The smallest absolute Gasteiger partial charge is 0.265 e. The number of ketones is 1. The van der Waals surface area contributed by atoms with Crippen LogP contribution in [0.1, 0.15) is 41.6 Å². The summed E-state index contributed by atoms with van der Waals surface area (Å²) in [5.41, 5.74) is -0.214. The van der Waals surface area contributed by atoms with E-state index in [0.717, 1.165) is 41.2 Å². The van der Waals surface area contributed by atoms with E-state index in [1.54, 1.807) is 17.0 Å². The highest BCUT2D eigenvalue weighted by Crippen LogP contribution is 2.44. The zero-order chi connectivity index (χ0) is 22.3. The Morgan fingerprint density at radius 3 is 2.50 bits per heavy atom. The van der Waals surface area contributed by atoms with E-state index < -0.39 is 11.5 Å². The Bertz CT molecular complexity index is 1200. The molecular weight excluding hydrogens is 468 g/mol. The Morgan fingerprint density at radius 1 is 0.969 bits per heavy atom. The van der Waals surface area contributed by atoms with E-state index in [1.807, 2.05) is 48.5 Å². The zero-order valence-electron chi connectivity index (χ0n) is 17.8. The lowest BCUT2D eigenvalue weighted by atomic mass is 9.88. The molecule has 0 aromatic heterocycles. The van der Waals surface area contributed by atoms with Crippen LogP contribution in [0.5, 0.6) is 0 Å². The second kappa shape index (κ2) is 8.43. The number of benzene rings is 3. The SMILES string of the molecule is O=C(CC1(O)C(=O)N(CN2CCCCC2)c2ccc(Br)cc21)c1ccc2ccccc2c1. The highest BCUT2D eigenvalue weighted by atomic mass is 79.9. The molecule has 1 unspecified atom stereocenters. The fraction of sp³-hybridized carbons (Fsp3) is 0.308. The second-order valence-electron chi connectivity index (χ2n) is 8.74. The average Bonchev–Trinajstić information content (AvgIpc) is 3.00. The lowest BCUT2D eigenvalue weighted by molar-refractivity contribution is -0.136. The van der Waals surface area contributed by atoms with Crippen molar-refractivity contribution >= 4 is 44.1 Å². The van der Waals surface area contributed by atoms with Crippen LogP contribution in [0.3, 0.4) is 0 Å². The van der Waals surface area contributed by atoms with E-state index >= 15 is 0 Å². The first-order valence-corrected chi connectivity index (χ1v) is 11.8. The molecule has 5 nitrogen and oxygen atoms in total. The van der Waals surface area contributed by atoms with Gasteiger partial charge in [0.05, 0.1) is 18.8 Å². The molecule has 0 radical (unpaired) electrons. The van der Waals surface area contributed by atoms with Crippen LogP contribution < -0.4 is 4.90 Å². The largest absolute Gasteiger partial charge is 0.375 e. The lowest BCUT2D eigenvalue weighted by Gasteiger charge is -2.31. The summed E-state index contributed by atoms with van der Waals surface area (Å²) in [4.78, 5) is 30.6. The fourth-order valence-electron chi connectivity index (χ4n) is 4.83. The number of carbonyl (C=O) groups excluding carboxylic acids is 2. The molecule has 1 saturated heterocycles. The quantitative estimate of drug-likeness (QED) is 0.517. The van der Waals surface area contributed by atoms with Crippen molar-refractivity contribution in [1.82, 2.24) is 4.90 Å². The molecule has 3 aromatic carbocycles. The summed E-state index contributed by atoms with van der Waals surface area (Å²) in [6.07, 6.45) is 3.14. The first-order chi connectivity index (χ1) is 15.5. The van der Waals surface area contributed by atoms with E-state index in [2.05, 4.69) is 20.8 Å². The lowest BCUT2D eigenvalue weighted by Crippen LogP contribution is -2.47. The van der Waals surface area contributed by atoms with E-state index in [0.29, 0.717) is 23.5 Å². The number of fused-ring (bicyclic) bond motifs is 2. The van der Waals surface area contributed by atoms with E-state index in [-0.39, 0.29) is 12.2 Å². The standard InChI is InChI=1S/C26H25BrN2O3/c27-21-10-11-23-22(15-21)26(32,25(31)29(23)17-28-12-4-1-5-13-28)16-24(30)20-9-8-18-6-2-3-7-19(18)14-20/h2-3,6-11,14-15,32H,1,4-5,12-13,16-17H2. The van der Waals surface area contributed by atoms with Gasteiger partial charge in [-0.1, -0.05) is 58.7 Å². The molecule has 0 aliphatic carbocycles. The average molecular weight is 493 g/mol. The van der Waals surface area contributed by atoms with Crippen LogP contribution in [0.2, 0.25) is 0 Å². The molecular formula is C26H25BrN2O3. The molecule has 2 aliphatic heterocycles. The Morgan fingerprint density at radius 2 is 1.72 bits per heavy atom. The maximum Gasteiger partial charge on any atom is 0.265 e. The highest BCUT2D eigenvalue weighted by Gasteiger charge is 2.51. The van der Waals surface area contributed by atoms with Crippen LogP contribution in [0.4, 0.5) is 5.69 Å². The Balaban J connectivity index is 1.47. The topological polar surface area (TPSA) is 60.9 Å². The number of hydrogen-bond acceptors (Lipinski definition) is 4. The van der Waals surface area contributed by atoms with Crippen molar-refractivity contribution < 1.29 is 14.7 Å². The number of rotatable bonds is 5. The van der Waals surface area contributed by atoms with Crippen molar-refractivity contribution in [2.75, 3.05) is 24.7 Å². The van der Waals surface area contributed by atoms with Gasteiger partial charge >= 0.3 is 0 Å². The number of amides is 1. The summed E-state index contributed by atoms with van der Waals surface area (Å²) in [5, 5.41) is 13.6. The number of halogens is 1.